The fourth-order valence-corrected chi connectivity index (χ4v) is 2.42. The van der Waals surface area contributed by atoms with Crippen LogP contribution in [0.25, 0.3) is 10.9 Å². The van der Waals surface area contributed by atoms with Crippen LogP contribution in [0.4, 0.5) is 5.69 Å². The molecule has 0 spiro atoms. The molecule has 19 heavy (non-hydrogen) atoms. The first-order chi connectivity index (χ1) is 9.13. The van der Waals surface area contributed by atoms with Gasteiger partial charge >= 0.3 is 0 Å². The van der Waals surface area contributed by atoms with Gasteiger partial charge in [-0.25, -0.2) is 0 Å². The second kappa shape index (κ2) is 6.22. The molecule has 0 saturated carbocycles. The molecule has 1 heterocycles. The zero-order valence-electron chi connectivity index (χ0n) is 11.3. The van der Waals surface area contributed by atoms with E-state index in [1.807, 2.05) is 30.5 Å². The molecule has 0 saturated heterocycles. The Kier molecular flexibility index (Phi) is 4.61. The highest BCUT2D eigenvalue weighted by Gasteiger charge is 2.13. The van der Waals surface area contributed by atoms with Gasteiger partial charge in [-0.3, -0.25) is 4.98 Å². The van der Waals surface area contributed by atoms with E-state index in [-0.39, 0.29) is 6.61 Å². The minimum absolute atomic E-state index is 0.206. The molecule has 0 aliphatic carbocycles. The normalized spacial score (nSPS) is 11.2. The Bertz CT molecular complexity index is 557. The standard InChI is InChI=1S/C15H19ClN2O/c1-11(2)18(8-3-9-19)15-6-7-17-14-10-12(16)4-5-13(14)15/h4-7,10-11,19H,3,8-9H2,1-2H3. The van der Waals surface area contributed by atoms with Gasteiger partial charge < -0.3 is 10.0 Å². The van der Waals surface area contributed by atoms with Crippen molar-refractivity contribution >= 4 is 28.2 Å². The van der Waals surface area contributed by atoms with E-state index in [2.05, 4.69) is 23.7 Å². The zero-order chi connectivity index (χ0) is 13.8. The molecule has 0 bridgehead atoms. The first kappa shape index (κ1) is 14.1. The van der Waals surface area contributed by atoms with Crippen LogP contribution in [0.1, 0.15) is 20.3 Å². The molecular formula is C15H19ClN2O. The predicted octanol–water partition coefficient (Wildman–Crippen LogP) is 3.49. The fraction of sp³-hybridized carbons (Fsp3) is 0.400. The molecule has 0 aliphatic heterocycles. The molecule has 0 unspecified atom stereocenters. The van der Waals surface area contributed by atoms with Gasteiger partial charge in [-0.1, -0.05) is 11.6 Å². The van der Waals surface area contributed by atoms with Gasteiger partial charge in [-0.2, -0.15) is 0 Å². The number of aromatic nitrogens is 1. The Labute approximate surface area is 118 Å². The lowest BCUT2D eigenvalue weighted by Gasteiger charge is -2.29. The molecule has 1 N–H and O–H groups in total. The van der Waals surface area contributed by atoms with E-state index in [0.717, 1.165) is 29.6 Å². The number of hydrogen-bond donors (Lipinski definition) is 1. The van der Waals surface area contributed by atoms with Gasteiger partial charge in [0.1, 0.15) is 0 Å². The lowest BCUT2D eigenvalue weighted by Crippen LogP contribution is -2.32. The summed E-state index contributed by atoms with van der Waals surface area (Å²) in [7, 11) is 0. The number of rotatable bonds is 5. The highest BCUT2D eigenvalue weighted by Crippen LogP contribution is 2.28. The number of hydrogen-bond acceptors (Lipinski definition) is 3. The molecule has 3 nitrogen and oxygen atoms in total. The van der Waals surface area contributed by atoms with Crippen molar-refractivity contribution in [2.45, 2.75) is 26.3 Å². The summed E-state index contributed by atoms with van der Waals surface area (Å²) in [6.07, 6.45) is 2.57. The van der Waals surface area contributed by atoms with Crippen LogP contribution in [0.5, 0.6) is 0 Å². The summed E-state index contributed by atoms with van der Waals surface area (Å²) >= 11 is 6.01. The van der Waals surface area contributed by atoms with Gasteiger partial charge in [-0.05, 0) is 44.5 Å². The van der Waals surface area contributed by atoms with Crippen LogP contribution in [0.15, 0.2) is 30.5 Å². The molecule has 1 aromatic carbocycles. The third-order valence-corrected chi connectivity index (χ3v) is 3.41. The summed E-state index contributed by atoms with van der Waals surface area (Å²) in [6.45, 7) is 5.34. The van der Waals surface area contributed by atoms with Crippen molar-refractivity contribution in [2.24, 2.45) is 0 Å². The maximum absolute atomic E-state index is 9.04. The number of halogens is 1. The van der Waals surface area contributed by atoms with Crippen molar-refractivity contribution in [3.05, 3.63) is 35.5 Å². The number of aliphatic hydroxyl groups excluding tert-OH is 1. The average molecular weight is 279 g/mol. The van der Waals surface area contributed by atoms with Crippen LogP contribution in [0.2, 0.25) is 5.02 Å². The van der Waals surface area contributed by atoms with Gasteiger partial charge in [-0.15, -0.1) is 0 Å². The Hall–Kier alpha value is -1.32. The van der Waals surface area contributed by atoms with Gasteiger partial charge in [0.05, 0.1) is 5.52 Å². The SMILES string of the molecule is CC(C)N(CCCO)c1ccnc2cc(Cl)ccc12. The van der Waals surface area contributed by atoms with Crippen molar-refractivity contribution < 1.29 is 5.11 Å². The maximum Gasteiger partial charge on any atom is 0.0737 e. The summed E-state index contributed by atoms with van der Waals surface area (Å²) in [6, 6.07) is 8.17. The highest BCUT2D eigenvalue weighted by molar-refractivity contribution is 6.31. The van der Waals surface area contributed by atoms with Crippen molar-refractivity contribution in [3.8, 4) is 0 Å². The minimum atomic E-state index is 0.206. The molecule has 2 aromatic rings. The monoisotopic (exact) mass is 278 g/mol. The number of anilines is 1. The fourth-order valence-electron chi connectivity index (χ4n) is 2.25. The summed E-state index contributed by atoms with van der Waals surface area (Å²) in [5, 5.41) is 10.8. The quantitative estimate of drug-likeness (QED) is 0.910. The van der Waals surface area contributed by atoms with Gasteiger partial charge in [0.25, 0.3) is 0 Å². The smallest absolute Gasteiger partial charge is 0.0737 e. The molecule has 1 aromatic heterocycles. The van der Waals surface area contributed by atoms with E-state index in [1.54, 1.807) is 0 Å². The van der Waals surface area contributed by atoms with Crippen molar-refractivity contribution in [1.29, 1.82) is 0 Å². The van der Waals surface area contributed by atoms with Crippen LogP contribution in [0, 0.1) is 0 Å². The first-order valence-electron chi connectivity index (χ1n) is 6.55. The summed E-state index contributed by atoms with van der Waals surface area (Å²) in [5.74, 6) is 0. The Morgan fingerprint density at radius 2 is 2.11 bits per heavy atom. The van der Waals surface area contributed by atoms with E-state index in [1.165, 1.54) is 0 Å². The van der Waals surface area contributed by atoms with Crippen LogP contribution in [-0.4, -0.2) is 29.3 Å². The molecule has 0 aliphatic rings. The molecule has 0 radical (unpaired) electrons. The molecule has 0 fully saturated rings. The van der Waals surface area contributed by atoms with E-state index < -0.39 is 0 Å². The number of nitrogens with zero attached hydrogens (tertiary/aromatic N) is 2. The van der Waals surface area contributed by atoms with E-state index in [9.17, 15) is 0 Å². The summed E-state index contributed by atoms with van der Waals surface area (Å²) in [5.41, 5.74) is 2.05. The second-order valence-corrected chi connectivity index (χ2v) is 5.29. The third-order valence-electron chi connectivity index (χ3n) is 3.17. The molecule has 0 amide bonds. The third kappa shape index (κ3) is 3.17. The number of aliphatic hydroxyl groups is 1. The van der Waals surface area contributed by atoms with Crippen molar-refractivity contribution in [1.82, 2.24) is 4.98 Å². The Morgan fingerprint density at radius 3 is 2.79 bits per heavy atom. The van der Waals surface area contributed by atoms with E-state index in [4.69, 9.17) is 16.7 Å². The first-order valence-corrected chi connectivity index (χ1v) is 6.93. The molecule has 102 valence electrons. The average Bonchev–Trinajstić information content (AvgIpc) is 2.38. The molecule has 4 heteroatoms. The van der Waals surface area contributed by atoms with Gasteiger partial charge in [0.2, 0.25) is 0 Å². The van der Waals surface area contributed by atoms with Crippen LogP contribution in [0.3, 0.4) is 0 Å². The largest absolute Gasteiger partial charge is 0.396 e. The second-order valence-electron chi connectivity index (χ2n) is 4.86. The Morgan fingerprint density at radius 1 is 1.32 bits per heavy atom. The van der Waals surface area contributed by atoms with E-state index in [0.29, 0.717) is 11.1 Å². The highest BCUT2D eigenvalue weighted by atomic mass is 35.5. The molecular weight excluding hydrogens is 260 g/mol. The van der Waals surface area contributed by atoms with Crippen LogP contribution < -0.4 is 4.90 Å². The number of fused-ring (bicyclic) bond motifs is 1. The lowest BCUT2D eigenvalue weighted by molar-refractivity contribution is 0.288. The van der Waals surface area contributed by atoms with Gasteiger partial charge in [0.15, 0.2) is 0 Å². The van der Waals surface area contributed by atoms with Crippen molar-refractivity contribution in [3.63, 3.8) is 0 Å². The van der Waals surface area contributed by atoms with Crippen LogP contribution in [-0.2, 0) is 0 Å². The summed E-state index contributed by atoms with van der Waals surface area (Å²) < 4.78 is 0. The number of pyridine rings is 1. The lowest BCUT2D eigenvalue weighted by atomic mass is 10.1. The van der Waals surface area contributed by atoms with E-state index >= 15 is 0 Å². The minimum Gasteiger partial charge on any atom is -0.396 e. The predicted molar refractivity (Wildman–Crippen MR) is 80.9 cm³/mol. The topological polar surface area (TPSA) is 36.4 Å². The Balaban J connectivity index is 2.47. The summed E-state index contributed by atoms with van der Waals surface area (Å²) in [4.78, 5) is 6.65. The van der Waals surface area contributed by atoms with Gasteiger partial charge in [0, 0.05) is 41.5 Å². The van der Waals surface area contributed by atoms with Crippen molar-refractivity contribution in [2.75, 3.05) is 18.1 Å². The zero-order valence-corrected chi connectivity index (χ0v) is 12.1. The number of benzene rings is 1. The molecule has 2 rings (SSSR count). The maximum atomic E-state index is 9.04. The van der Waals surface area contributed by atoms with Crippen LogP contribution >= 0.6 is 11.6 Å². The molecule has 0 atom stereocenters.